The van der Waals surface area contributed by atoms with E-state index in [0.717, 1.165) is 36.6 Å². The highest BCUT2D eigenvalue weighted by molar-refractivity contribution is 5.55. The number of nitrogens with zero attached hydrogens (tertiary/aromatic N) is 3. The zero-order valence-electron chi connectivity index (χ0n) is 10.5. The van der Waals surface area contributed by atoms with Gasteiger partial charge in [-0.2, -0.15) is 5.10 Å². The second kappa shape index (κ2) is 4.53. The number of hydrogen-bond acceptors (Lipinski definition) is 3. The first kappa shape index (κ1) is 11.4. The molecule has 0 spiro atoms. The maximum atomic E-state index is 9.38. The Morgan fingerprint density at radius 3 is 3.11 bits per heavy atom. The van der Waals surface area contributed by atoms with E-state index in [1.807, 2.05) is 16.8 Å². The predicted octanol–water partition coefficient (Wildman–Crippen LogP) is 2.12. The SMILES string of the molecule is Cc1cccc(-c2nc3n(n2)CCCC3CO)c1. The molecule has 0 fully saturated rings. The van der Waals surface area contributed by atoms with E-state index in [0.29, 0.717) is 0 Å². The molecule has 1 aromatic carbocycles. The molecule has 1 N–H and O–H groups in total. The Morgan fingerprint density at radius 1 is 1.44 bits per heavy atom. The molecule has 18 heavy (non-hydrogen) atoms. The number of aliphatic hydroxyl groups excluding tert-OH is 1. The maximum Gasteiger partial charge on any atom is 0.181 e. The topological polar surface area (TPSA) is 50.9 Å². The third-order valence-corrected chi connectivity index (χ3v) is 3.48. The van der Waals surface area contributed by atoms with Crippen molar-refractivity contribution in [1.82, 2.24) is 14.8 Å². The lowest BCUT2D eigenvalue weighted by Crippen LogP contribution is -2.19. The molecule has 3 rings (SSSR count). The van der Waals surface area contributed by atoms with Gasteiger partial charge in [0.2, 0.25) is 0 Å². The Balaban J connectivity index is 2.02. The van der Waals surface area contributed by atoms with Gasteiger partial charge in [-0.15, -0.1) is 0 Å². The van der Waals surface area contributed by atoms with Crippen LogP contribution >= 0.6 is 0 Å². The first-order valence-electron chi connectivity index (χ1n) is 6.40. The Kier molecular flexibility index (Phi) is 2.88. The van der Waals surface area contributed by atoms with Crippen LogP contribution in [0.3, 0.4) is 0 Å². The molecule has 0 saturated carbocycles. The van der Waals surface area contributed by atoms with Gasteiger partial charge in [-0.25, -0.2) is 9.67 Å². The van der Waals surface area contributed by atoms with E-state index in [1.54, 1.807) is 0 Å². The van der Waals surface area contributed by atoms with E-state index < -0.39 is 0 Å². The largest absolute Gasteiger partial charge is 0.396 e. The summed E-state index contributed by atoms with van der Waals surface area (Å²) in [5, 5.41) is 13.9. The highest BCUT2D eigenvalue weighted by atomic mass is 16.3. The van der Waals surface area contributed by atoms with Crippen LogP contribution in [-0.4, -0.2) is 26.5 Å². The standard InChI is InChI=1S/C14H17N3O/c1-10-4-2-5-11(8-10)13-15-14-12(9-18)6-3-7-17(14)16-13/h2,4-5,8,12,18H,3,6-7,9H2,1H3. The van der Waals surface area contributed by atoms with Crippen LogP contribution in [-0.2, 0) is 6.54 Å². The minimum absolute atomic E-state index is 0.143. The van der Waals surface area contributed by atoms with Gasteiger partial charge in [-0.05, 0) is 25.8 Å². The fourth-order valence-corrected chi connectivity index (χ4v) is 2.52. The van der Waals surface area contributed by atoms with Crippen LogP contribution in [0.4, 0.5) is 0 Å². The van der Waals surface area contributed by atoms with Gasteiger partial charge in [-0.3, -0.25) is 0 Å². The van der Waals surface area contributed by atoms with E-state index in [-0.39, 0.29) is 12.5 Å². The number of aromatic nitrogens is 3. The molecule has 1 aromatic heterocycles. The summed E-state index contributed by atoms with van der Waals surface area (Å²) in [4.78, 5) is 4.61. The summed E-state index contributed by atoms with van der Waals surface area (Å²) in [6, 6.07) is 8.21. The van der Waals surface area contributed by atoms with Crippen LogP contribution in [0.2, 0.25) is 0 Å². The normalized spacial score (nSPS) is 18.7. The van der Waals surface area contributed by atoms with Crippen molar-refractivity contribution in [2.24, 2.45) is 0 Å². The van der Waals surface area contributed by atoms with Crippen LogP contribution in [0.1, 0.15) is 30.1 Å². The average molecular weight is 243 g/mol. The van der Waals surface area contributed by atoms with Crippen molar-refractivity contribution >= 4 is 0 Å². The number of hydrogen-bond donors (Lipinski definition) is 1. The van der Waals surface area contributed by atoms with Crippen molar-refractivity contribution in [2.45, 2.75) is 32.2 Å². The monoisotopic (exact) mass is 243 g/mol. The van der Waals surface area contributed by atoms with Crippen molar-refractivity contribution in [3.05, 3.63) is 35.7 Å². The number of aryl methyl sites for hydroxylation is 2. The van der Waals surface area contributed by atoms with E-state index >= 15 is 0 Å². The zero-order chi connectivity index (χ0) is 12.5. The molecular formula is C14H17N3O. The van der Waals surface area contributed by atoms with Gasteiger partial charge in [0.05, 0.1) is 6.61 Å². The summed E-state index contributed by atoms with van der Waals surface area (Å²) in [6.07, 6.45) is 2.07. The van der Waals surface area contributed by atoms with Gasteiger partial charge >= 0.3 is 0 Å². The van der Waals surface area contributed by atoms with Gasteiger partial charge in [0.15, 0.2) is 5.82 Å². The summed E-state index contributed by atoms with van der Waals surface area (Å²) in [5.41, 5.74) is 2.26. The molecule has 94 valence electrons. The first-order valence-corrected chi connectivity index (χ1v) is 6.40. The van der Waals surface area contributed by atoms with E-state index in [2.05, 4.69) is 29.1 Å². The highest BCUT2D eigenvalue weighted by Gasteiger charge is 2.23. The summed E-state index contributed by atoms with van der Waals surface area (Å²) in [6.45, 7) is 3.13. The summed E-state index contributed by atoms with van der Waals surface area (Å²) in [7, 11) is 0. The Hall–Kier alpha value is -1.68. The third kappa shape index (κ3) is 1.93. The molecule has 2 aromatic rings. The molecule has 0 radical (unpaired) electrons. The molecule has 1 atom stereocenters. The maximum absolute atomic E-state index is 9.38. The van der Waals surface area contributed by atoms with E-state index in [1.165, 1.54) is 5.56 Å². The minimum atomic E-state index is 0.143. The average Bonchev–Trinajstić information content (AvgIpc) is 2.82. The summed E-state index contributed by atoms with van der Waals surface area (Å²) in [5.74, 6) is 1.85. The van der Waals surface area contributed by atoms with Gasteiger partial charge < -0.3 is 5.11 Å². The fraction of sp³-hybridized carbons (Fsp3) is 0.429. The molecule has 1 unspecified atom stereocenters. The van der Waals surface area contributed by atoms with Crippen molar-refractivity contribution < 1.29 is 5.11 Å². The lowest BCUT2D eigenvalue weighted by molar-refractivity contribution is 0.234. The zero-order valence-corrected chi connectivity index (χ0v) is 10.5. The van der Waals surface area contributed by atoms with Crippen LogP contribution in [0.5, 0.6) is 0 Å². The molecule has 0 saturated heterocycles. The second-order valence-corrected chi connectivity index (χ2v) is 4.91. The first-order chi connectivity index (χ1) is 8.78. The van der Waals surface area contributed by atoms with E-state index in [4.69, 9.17) is 0 Å². The van der Waals surface area contributed by atoms with Crippen LogP contribution in [0.15, 0.2) is 24.3 Å². The van der Waals surface area contributed by atoms with Gasteiger partial charge in [0.1, 0.15) is 5.82 Å². The van der Waals surface area contributed by atoms with Crippen molar-refractivity contribution in [3.8, 4) is 11.4 Å². The molecule has 4 nitrogen and oxygen atoms in total. The molecule has 0 aliphatic carbocycles. The van der Waals surface area contributed by atoms with Gasteiger partial charge in [-0.1, -0.05) is 23.8 Å². The molecule has 4 heteroatoms. The van der Waals surface area contributed by atoms with Crippen LogP contribution in [0, 0.1) is 6.92 Å². The van der Waals surface area contributed by atoms with Crippen molar-refractivity contribution in [1.29, 1.82) is 0 Å². The van der Waals surface area contributed by atoms with Gasteiger partial charge in [0, 0.05) is 18.0 Å². The third-order valence-electron chi connectivity index (χ3n) is 3.48. The molecule has 1 aliphatic rings. The minimum Gasteiger partial charge on any atom is -0.396 e. The molecule has 2 heterocycles. The quantitative estimate of drug-likeness (QED) is 0.879. The summed E-state index contributed by atoms with van der Waals surface area (Å²) < 4.78 is 1.95. The predicted molar refractivity (Wildman–Crippen MR) is 69.3 cm³/mol. The lowest BCUT2D eigenvalue weighted by atomic mass is 10.0. The number of benzene rings is 1. The van der Waals surface area contributed by atoms with E-state index in [9.17, 15) is 5.11 Å². The lowest BCUT2D eigenvalue weighted by Gasteiger charge is -2.19. The second-order valence-electron chi connectivity index (χ2n) is 4.91. The Morgan fingerprint density at radius 2 is 2.33 bits per heavy atom. The molecule has 0 bridgehead atoms. The van der Waals surface area contributed by atoms with Crippen LogP contribution < -0.4 is 0 Å². The Labute approximate surface area is 106 Å². The van der Waals surface area contributed by atoms with Crippen LogP contribution in [0.25, 0.3) is 11.4 Å². The summed E-state index contributed by atoms with van der Waals surface area (Å²) >= 11 is 0. The number of aliphatic hydroxyl groups is 1. The number of fused-ring (bicyclic) bond motifs is 1. The van der Waals surface area contributed by atoms with Crippen molar-refractivity contribution in [2.75, 3.05) is 6.61 Å². The fourth-order valence-electron chi connectivity index (χ4n) is 2.52. The smallest absolute Gasteiger partial charge is 0.181 e. The Bertz CT molecular complexity index is 562. The highest BCUT2D eigenvalue weighted by Crippen LogP contribution is 2.27. The molecular weight excluding hydrogens is 226 g/mol. The molecule has 0 amide bonds. The van der Waals surface area contributed by atoms with Crippen molar-refractivity contribution in [3.63, 3.8) is 0 Å². The molecule has 1 aliphatic heterocycles. The van der Waals surface area contributed by atoms with Gasteiger partial charge in [0.25, 0.3) is 0 Å². The number of rotatable bonds is 2.